The molecule has 1 saturated carbocycles. The summed E-state index contributed by atoms with van der Waals surface area (Å²) >= 11 is 1.27. The second-order valence-corrected chi connectivity index (χ2v) is 9.89. The van der Waals surface area contributed by atoms with Crippen LogP contribution in [0.25, 0.3) is 11.3 Å². The molecule has 4 aromatic rings. The lowest BCUT2D eigenvalue weighted by Gasteiger charge is -2.10. The van der Waals surface area contributed by atoms with Crippen LogP contribution in [-0.2, 0) is 6.54 Å². The van der Waals surface area contributed by atoms with Crippen molar-refractivity contribution < 1.29 is 9.59 Å². The Bertz CT molecular complexity index is 1400. The number of hydrogen-bond donors (Lipinski definition) is 4. The van der Waals surface area contributed by atoms with Gasteiger partial charge in [-0.1, -0.05) is 59.9 Å². The van der Waals surface area contributed by atoms with Crippen molar-refractivity contribution in [3.63, 3.8) is 0 Å². The van der Waals surface area contributed by atoms with Crippen LogP contribution in [0.4, 0.5) is 16.5 Å². The number of nitrogen functional groups attached to an aromatic ring is 1. The van der Waals surface area contributed by atoms with E-state index in [-0.39, 0.29) is 17.9 Å². The Kier molecular flexibility index (Phi) is 6.69. The van der Waals surface area contributed by atoms with Crippen LogP contribution in [0.1, 0.15) is 44.0 Å². The van der Waals surface area contributed by atoms with Gasteiger partial charge in [-0.15, -0.1) is 0 Å². The van der Waals surface area contributed by atoms with Gasteiger partial charge in [0.1, 0.15) is 4.88 Å². The Morgan fingerprint density at radius 2 is 1.75 bits per heavy atom. The van der Waals surface area contributed by atoms with E-state index in [0.717, 1.165) is 35.2 Å². The molecule has 0 atom stereocenters. The van der Waals surface area contributed by atoms with Gasteiger partial charge >= 0.3 is 0 Å². The minimum Gasteiger partial charge on any atom is -0.399 e. The number of amides is 2. The summed E-state index contributed by atoms with van der Waals surface area (Å²) < 4.78 is 0. The van der Waals surface area contributed by atoms with Crippen LogP contribution in [0, 0.1) is 6.92 Å². The first kappa shape index (κ1) is 23.6. The number of rotatable bonds is 8. The van der Waals surface area contributed by atoms with E-state index in [9.17, 15) is 9.59 Å². The first-order valence-corrected chi connectivity index (χ1v) is 12.7. The number of carbonyl (C=O) groups is 2. The number of aromatic nitrogens is 1. The number of hydrogen-bond acceptors (Lipinski definition) is 6. The maximum atomic E-state index is 13.2. The molecule has 8 heteroatoms. The van der Waals surface area contributed by atoms with Crippen LogP contribution in [-0.4, -0.2) is 22.8 Å². The van der Waals surface area contributed by atoms with Crippen molar-refractivity contribution >= 4 is 39.7 Å². The summed E-state index contributed by atoms with van der Waals surface area (Å²) in [5.74, 6) is -0.284. The SMILES string of the molecule is Cc1ccc(C(=O)NC2CC2)cc1Nc1nc(-c2ccc(N)cc2)c(C(=O)NCc2ccccc2)s1. The lowest BCUT2D eigenvalue weighted by atomic mass is 10.1. The first-order valence-electron chi connectivity index (χ1n) is 11.8. The van der Waals surface area contributed by atoms with Crippen molar-refractivity contribution in [1.82, 2.24) is 15.6 Å². The third-order valence-corrected chi connectivity index (χ3v) is 6.94. The molecule has 0 radical (unpaired) electrons. The topological polar surface area (TPSA) is 109 Å². The maximum Gasteiger partial charge on any atom is 0.264 e. The number of anilines is 3. The zero-order valence-corrected chi connectivity index (χ0v) is 20.7. The number of carbonyl (C=O) groups excluding carboxylic acids is 2. The number of nitrogens with one attached hydrogen (secondary N) is 3. The fourth-order valence-corrected chi connectivity index (χ4v) is 4.65. The van der Waals surface area contributed by atoms with E-state index in [1.54, 1.807) is 12.1 Å². The van der Waals surface area contributed by atoms with Crippen LogP contribution in [0.3, 0.4) is 0 Å². The number of nitrogens with two attached hydrogens (primary N) is 1. The average Bonchev–Trinajstić information content (AvgIpc) is 3.61. The van der Waals surface area contributed by atoms with Gasteiger partial charge in [-0.05, 0) is 55.2 Å². The molecule has 36 heavy (non-hydrogen) atoms. The Hall–Kier alpha value is -4.17. The summed E-state index contributed by atoms with van der Waals surface area (Å²) in [6.45, 7) is 2.38. The van der Waals surface area contributed by atoms with E-state index in [4.69, 9.17) is 10.7 Å². The highest BCUT2D eigenvalue weighted by molar-refractivity contribution is 7.18. The van der Waals surface area contributed by atoms with E-state index in [2.05, 4.69) is 16.0 Å². The molecule has 7 nitrogen and oxygen atoms in total. The molecule has 0 bridgehead atoms. The summed E-state index contributed by atoms with van der Waals surface area (Å²) in [5, 5.41) is 9.91. The molecule has 1 fully saturated rings. The molecule has 0 unspecified atom stereocenters. The summed E-state index contributed by atoms with van der Waals surface area (Å²) in [7, 11) is 0. The predicted molar refractivity (Wildman–Crippen MR) is 145 cm³/mol. The summed E-state index contributed by atoms with van der Waals surface area (Å²) in [6.07, 6.45) is 2.07. The van der Waals surface area contributed by atoms with Gasteiger partial charge in [0, 0.05) is 35.1 Å². The maximum absolute atomic E-state index is 13.2. The fourth-order valence-electron chi connectivity index (χ4n) is 3.73. The summed E-state index contributed by atoms with van der Waals surface area (Å²) in [5.41, 5.74) is 11.2. The molecular weight excluding hydrogens is 470 g/mol. The van der Waals surface area contributed by atoms with E-state index in [1.165, 1.54) is 11.3 Å². The van der Waals surface area contributed by atoms with Crippen molar-refractivity contribution in [2.24, 2.45) is 0 Å². The molecule has 1 aliphatic carbocycles. The van der Waals surface area contributed by atoms with Gasteiger partial charge in [-0.3, -0.25) is 9.59 Å². The van der Waals surface area contributed by atoms with Crippen molar-refractivity contribution in [2.75, 3.05) is 11.1 Å². The van der Waals surface area contributed by atoms with Crippen LogP contribution in [0.5, 0.6) is 0 Å². The van der Waals surface area contributed by atoms with E-state index >= 15 is 0 Å². The van der Waals surface area contributed by atoms with Crippen LogP contribution < -0.4 is 21.7 Å². The van der Waals surface area contributed by atoms with Crippen molar-refractivity contribution in [3.8, 4) is 11.3 Å². The molecule has 1 aliphatic rings. The van der Waals surface area contributed by atoms with Crippen LogP contribution in [0.2, 0.25) is 0 Å². The lowest BCUT2D eigenvalue weighted by Crippen LogP contribution is -2.25. The van der Waals surface area contributed by atoms with Gasteiger partial charge < -0.3 is 21.7 Å². The monoisotopic (exact) mass is 497 g/mol. The zero-order valence-electron chi connectivity index (χ0n) is 19.9. The highest BCUT2D eigenvalue weighted by Gasteiger charge is 2.24. The Morgan fingerprint density at radius 1 is 1.00 bits per heavy atom. The van der Waals surface area contributed by atoms with Crippen molar-refractivity contribution in [1.29, 1.82) is 0 Å². The second-order valence-electron chi connectivity index (χ2n) is 8.89. The van der Waals surface area contributed by atoms with Gasteiger partial charge in [-0.2, -0.15) is 0 Å². The minimum atomic E-state index is -0.203. The second kappa shape index (κ2) is 10.2. The molecule has 5 rings (SSSR count). The molecule has 0 saturated heterocycles. The Morgan fingerprint density at radius 3 is 2.47 bits per heavy atom. The molecule has 5 N–H and O–H groups in total. The van der Waals surface area contributed by atoms with E-state index in [1.807, 2.05) is 67.6 Å². The molecule has 0 spiro atoms. The van der Waals surface area contributed by atoms with Gasteiger partial charge in [0.2, 0.25) is 0 Å². The predicted octanol–water partition coefficient (Wildman–Crippen LogP) is 5.27. The van der Waals surface area contributed by atoms with Crippen molar-refractivity contribution in [3.05, 3.63) is 94.4 Å². The minimum absolute atomic E-state index is 0.0803. The third kappa shape index (κ3) is 5.55. The van der Waals surface area contributed by atoms with Crippen LogP contribution >= 0.6 is 11.3 Å². The summed E-state index contributed by atoms with van der Waals surface area (Å²) in [4.78, 5) is 31.0. The highest BCUT2D eigenvalue weighted by atomic mass is 32.1. The Balaban J connectivity index is 1.42. The molecular formula is C28H27N5O2S. The largest absolute Gasteiger partial charge is 0.399 e. The zero-order chi connectivity index (χ0) is 25.1. The normalized spacial score (nSPS) is 12.7. The Labute approximate surface area is 213 Å². The molecule has 2 amide bonds. The number of benzene rings is 3. The number of aryl methyl sites for hydroxylation is 1. The molecule has 3 aromatic carbocycles. The van der Waals surface area contributed by atoms with E-state index in [0.29, 0.717) is 33.5 Å². The van der Waals surface area contributed by atoms with E-state index < -0.39 is 0 Å². The standard InChI is InChI=1S/C28H27N5O2S/c1-17-7-8-20(26(34)31-22-13-14-22)15-23(17)32-28-33-24(19-9-11-21(29)12-10-19)25(36-28)27(35)30-16-18-5-3-2-4-6-18/h2-12,15,22H,13-14,16,29H2,1H3,(H,30,35)(H,31,34)(H,32,33). The van der Waals surface area contributed by atoms with Gasteiger partial charge in [0.15, 0.2) is 5.13 Å². The fraction of sp³-hybridized carbons (Fsp3) is 0.179. The number of thiazole rings is 1. The third-order valence-electron chi connectivity index (χ3n) is 5.97. The first-order chi connectivity index (χ1) is 17.5. The van der Waals surface area contributed by atoms with Crippen LogP contribution in [0.15, 0.2) is 72.8 Å². The smallest absolute Gasteiger partial charge is 0.264 e. The van der Waals surface area contributed by atoms with Gasteiger partial charge in [0.25, 0.3) is 11.8 Å². The lowest BCUT2D eigenvalue weighted by molar-refractivity contribution is 0.0944. The van der Waals surface area contributed by atoms with Gasteiger partial charge in [-0.25, -0.2) is 4.98 Å². The summed E-state index contributed by atoms with van der Waals surface area (Å²) in [6, 6.07) is 22.9. The quantitative estimate of drug-likeness (QED) is 0.248. The average molecular weight is 498 g/mol. The highest BCUT2D eigenvalue weighted by Crippen LogP contribution is 2.34. The van der Waals surface area contributed by atoms with Gasteiger partial charge in [0.05, 0.1) is 5.69 Å². The molecule has 1 heterocycles. The molecule has 0 aliphatic heterocycles. The number of nitrogens with zero attached hydrogens (tertiary/aromatic N) is 1. The molecule has 1 aromatic heterocycles. The molecule has 182 valence electrons. The van der Waals surface area contributed by atoms with Crippen molar-refractivity contribution in [2.45, 2.75) is 32.4 Å².